The number of benzene rings is 1. The van der Waals surface area contributed by atoms with Crippen molar-refractivity contribution in [2.24, 2.45) is 0 Å². The number of hydrogen-bond acceptors (Lipinski definition) is 2. The summed E-state index contributed by atoms with van der Waals surface area (Å²) in [4.78, 5) is 0. The average molecular weight is 261 g/mol. The molecule has 1 aromatic rings. The first kappa shape index (κ1) is 12.2. The highest BCUT2D eigenvalue weighted by Crippen LogP contribution is 2.30. The second kappa shape index (κ2) is 5.39. The zero-order chi connectivity index (χ0) is 11.5. The van der Waals surface area contributed by atoms with Gasteiger partial charge < -0.3 is 5.11 Å². The summed E-state index contributed by atoms with van der Waals surface area (Å²) in [7, 11) is 0. The Bertz CT molecular complexity index is 366. The van der Waals surface area contributed by atoms with Crippen LogP contribution in [0, 0.1) is 5.82 Å². The standard InChI is InChI=1S/C12H14ClFOS/c13-9-6-8(3-4-10(9)14)7-11(15)12-2-1-5-16-12/h3-4,6,11-12,15H,1-2,5,7H2. The zero-order valence-electron chi connectivity index (χ0n) is 8.83. The van der Waals surface area contributed by atoms with Crippen LogP contribution in [-0.4, -0.2) is 22.2 Å². The van der Waals surface area contributed by atoms with E-state index in [1.165, 1.54) is 12.5 Å². The molecule has 16 heavy (non-hydrogen) atoms. The molecule has 0 radical (unpaired) electrons. The smallest absolute Gasteiger partial charge is 0.141 e. The van der Waals surface area contributed by atoms with Crippen LogP contribution in [-0.2, 0) is 6.42 Å². The van der Waals surface area contributed by atoms with Gasteiger partial charge in [0.05, 0.1) is 11.1 Å². The molecule has 1 nitrogen and oxygen atoms in total. The summed E-state index contributed by atoms with van der Waals surface area (Å²) in [5, 5.41) is 10.5. The van der Waals surface area contributed by atoms with Crippen LogP contribution in [0.2, 0.25) is 5.02 Å². The second-order valence-electron chi connectivity index (χ2n) is 4.07. The highest BCUT2D eigenvalue weighted by atomic mass is 35.5. The predicted molar refractivity (Wildman–Crippen MR) is 66.6 cm³/mol. The number of aliphatic hydroxyl groups excluding tert-OH is 1. The third-order valence-electron chi connectivity index (χ3n) is 2.82. The third kappa shape index (κ3) is 2.90. The molecule has 1 saturated heterocycles. The van der Waals surface area contributed by atoms with Gasteiger partial charge in [0.25, 0.3) is 0 Å². The number of halogens is 2. The van der Waals surface area contributed by atoms with Gasteiger partial charge in [-0.05, 0) is 42.7 Å². The highest BCUT2D eigenvalue weighted by molar-refractivity contribution is 8.00. The Morgan fingerprint density at radius 3 is 3.00 bits per heavy atom. The SMILES string of the molecule is OC(Cc1ccc(F)c(Cl)c1)C1CCCS1. The van der Waals surface area contributed by atoms with Crippen LogP contribution in [0.25, 0.3) is 0 Å². The first-order valence-electron chi connectivity index (χ1n) is 5.40. The molecule has 1 aliphatic rings. The first-order chi connectivity index (χ1) is 7.66. The maximum absolute atomic E-state index is 12.9. The van der Waals surface area contributed by atoms with Crippen LogP contribution in [0.4, 0.5) is 4.39 Å². The van der Waals surface area contributed by atoms with Crippen molar-refractivity contribution in [3.8, 4) is 0 Å². The van der Waals surface area contributed by atoms with Gasteiger partial charge in [-0.3, -0.25) is 0 Å². The molecule has 2 rings (SSSR count). The minimum absolute atomic E-state index is 0.128. The number of aliphatic hydroxyl groups is 1. The van der Waals surface area contributed by atoms with E-state index in [4.69, 9.17) is 11.6 Å². The maximum atomic E-state index is 12.9. The number of rotatable bonds is 3. The molecule has 1 heterocycles. The largest absolute Gasteiger partial charge is 0.392 e. The monoisotopic (exact) mass is 260 g/mol. The lowest BCUT2D eigenvalue weighted by molar-refractivity contribution is 0.170. The van der Waals surface area contributed by atoms with Gasteiger partial charge >= 0.3 is 0 Å². The van der Waals surface area contributed by atoms with Crippen LogP contribution in [0.15, 0.2) is 18.2 Å². The van der Waals surface area contributed by atoms with Crippen LogP contribution in [0.1, 0.15) is 18.4 Å². The molecule has 0 spiro atoms. The molecule has 0 aromatic heterocycles. The average Bonchev–Trinajstić information content (AvgIpc) is 2.77. The lowest BCUT2D eigenvalue weighted by Gasteiger charge is -2.17. The summed E-state index contributed by atoms with van der Waals surface area (Å²) in [6.07, 6.45) is 2.45. The molecule has 0 aliphatic carbocycles. The Balaban J connectivity index is 1.99. The van der Waals surface area contributed by atoms with E-state index in [0.717, 1.165) is 17.7 Å². The second-order valence-corrected chi connectivity index (χ2v) is 5.83. The summed E-state index contributed by atoms with van der Waals surface area (Å²) in [6.45, 7) is 0. The van der Waals surface area contributed by atoms with Crippen LogP contribution >= 0.6 is 23.4 Å². The summed E-state index contributed by atoms with van der Waals surface area (Å²) < 4.78 is 12.9. The van der Waals surface area contributed by atoms with Gasteiger partial charge in [0, 0.05) is 5.25 Å². The molecule has 0 saturated carbocycles. The van der Waals surface area contributed by atoms with E-state index >= 15 is 0 Å². The van der Waals surface area contributed by atoms with E-state index in [9.17, 15) is 9.50 Å². The van der Waals surface area contributed by atoms with Gasteiger partial charge in [-0.15, -0.1) is 0 Å². The predicted octanol–water partition coefficient (Wildman–Crippen LogP) is 3.28. The molecule has 88 valence electrons. The van der Waals surface area contributed by atoms with Crippen molar-refractivity contribution < 1.29 is 9.50 Å². The van der Waals surface area contributed by atoms with E-state index in [-0.39, 0.29) is 11.1 Å². The molecule has 1 aromatic carbocycles. The van der Waals surface area contributed by atoms with Crippen molar-refractivity contribution in [2.75, 3.05) is 5.75 Å². The normalized spacial score (nSPS) is 22.3. The Labute approximate surface area is 104 Å². The van der Waals surface area contributed by atoms with Crippen molar-refractivity contribution in [3.05, 3.63) is 34.6 Å². The van der Waals surface area contributed by atoms with Crippen LogP contribution in [0.3, 0.4) is 0 Å². The van der Waals surface area contributed by atoms with Crippen molar-refractivity contribution in [1.82, 2.24) is 0 Å². The van der Waals surface area contributed by atoms with Crippen molar-refractivity contribution in [2.45, 2.75) is 30.6 Å². The first-order valence-corrected chi connectivity index (χ1v) is 6.83. The summed E-state index contributed by atoms with van der Waals surface area (Å²) in [5.74, 6) is 0.724. The minimum atomic E-state index is -0.407. The van der Waals surface area contributed by atoms with Crippen molar-refractivity contribution in [3.63, 3.8) is 0 Å². The Hall–Kier alpha value is -0.250. The van der Waals surface area contributed by atoms with Gasteiger partial charge in [0.15, 0.2) is 0 Å². The third-order valence-corrected chi connectivity index (χ3v) is 4.61. The molecule has 4 heteroatoms. The molecular weight excluding hydrogens is 247 g/mol. The Morgan fingerprint density at radius 2 is 2.38 bits per heavy atom. The van der Waals surface area contributed by atoms with Gasteiger partial charge in [-0.1, -0.05) is 17.7 Å². The van der Waals surface area contributed by atoms with Gasteiger partial charge in [0.2, 0.25) is 0 Å². The summed E-state index contributed by atoms with van der Waals surface area (Å²) in [6, 6.07) is 4.63. The molecule has 2 unspecified atom stereocenters. The fourth-order valence-electron chi connectivity index (χ4n) is 1.95. The molecule has 1 aliphatic heterocycles. The van der Waals surface area contributed by atoms with Crippen molar-refractivity contribution in [1.29, 1.82) is 0 Å². The number of hydrogen-bond donors (Lipinski definition) is 1. The molecule has 1 fully saturated rings. The van der Waals surface area contributed by atoms with Crippen molar-refractivity contribution >= 4 is 23.4 Å². The van der Waals surface area contributed by atoms with E-state index in [1.54, 1.807) is 12.1 Å². The van der Waals surface area contributed by atoms with E-state index < -0.39 is 5.82 Å². The molecule has 0 bridgehead atoms. The molecule has 1 N–H and O–H groups in total. The highest BCUT2D eigenvalue weighted by Gasteiger charge is 2.23. The number of thioether (sulfide) groups is 1. The quantitative estimate of drug-likeness (QED) is 0.900. The summed E-state index contributed by atoms with van der Waals surface area (Å²) >= 11 is 7.52. The topological polar surface area (TPSA) is 20.2 Å². The lowest BCUT2D eigenvalue weighted by Crippen LogP contribution is -2.23. The lowest BCUT2D eigenvalue weighted by atomic mass is 10.0. The zero-order valence-corrected chi connectivity index (χ0v) is 10.4. The van der Waals surface area contributed by atoms with Gasteiger partial charge in [-0.2, -0.15) is 11.8 Å². The van der Waals surface area contributed by atoms with E-state index in [2.05, 4.69) is 0 Å². The van der Waals surface area contributed by atoms with Gasteiger partial charge in [0.1, 0.15) is 5.82 Å². The molecular formula is C12H14ClFOS. The fourth-order valence-corrected chi connectivity index (χ4v) is 3.44. The van der Waals surface area contributed by atoms with Gasteiger partial charge in [-0.25, -0.2) is 4.39 Å². The minimum Gasteiger partial charge on any atom is -0.392 e. The van der Waals surface area contributed by atoms with E-state index in [1.807, 2.05) is 11.8 Å². The van der Waals surface area contributed by atoms with Crippen LogP contribution in [0.5, 0.6) is 0 Å². The molecule has 2 atom stereocenters. The fraction of sp³-hybridized carbons (Fsp3) is 0.500. The maximum Gasteiger partial charge on any atom is 0.141 e. The summed E-state index contributed by atoms with van der Waals surface area (Å²) in [5.41, 5.74) is 0.895. The Kier molecular flexibility index (Phi) is 4.11. The van der Waals surface area contributed by atoms with E-state index in [0.29, 0.717) is 11.7 Å². The molecule has 0 amide bonds. The Morgan fingerprint density at radius 1 is 1.56 bits per heavy atom. The van der Waals surface area contributed by atoms with Crippen LogP contribution < -0.4 is 0 Å².